The van der Waals surface area contributed by atoms with Crippen molar-refractivity contribution in [3.05, 3.63) is 29.8 Å². The van der Waals surface area contributed by atoms with Crippen molar-refractivity contribution < 1.29 is 9.59 Å². The summed E-state index contributed by atoms with van der Waals surface area (Å²) in [5.74, 6) is 0.128. The average molecular weight is 289 g/mol. The molecule has 2 rings (SSSR count). The number of anilines is 1. The molecule has 114 valence electrons. The standard InChI is InChI=1S/C16H23N3O2/c1-11(20)19-15-8-2-12(3-9-15)10-18-16(21)13-4-6-14(17)7-5-13/h2-3,8-9,13-14H,4-7,10,17H2,1H3,(H,18,21)(H,19,20). The van der Waals surface area contributed by atoms with E-state index in [1.54, 1.807) is 0 Å². The van der Waals surface area contributed by atoms with Gasteiger partial charge in [0.15, 0.2) is 0 Å². The zero-order valence-electron chi connectivity index (χ0n) is 12.4. The van der Waals surface area contributed by atoms with E-state index < -0.39 is 0 Å². The van der Waals surface area contributed by atoms with E-state index in [2.05, 4.69) is 10.6 Å². The maximum atomic E-state index is 12.1. The van der Waals surface area contributed by atoms with Gasteiger partial charge in [0.25, 0.3) is 0 Å². The fraction of sp³-hybridized carbons (Fsp3) is 0.500. The van der Waals surface area contributed by atoms with Crippen molar-refractivity contribution in [2.75, 3.05) is 5.32 Å². The first kappa shape index (κ1) is 15.5. The third-order valence-electron chi connectivity index (χ3n) is 3.88. The van der Waals surface area contributed by atoms with Gasteiger partial charge in [0.05, 0.1) is 0 Å². The normalized spacial score (nSPS) is 21.6. The lowest BCUT2D eigenvalue weighted by Crippen LogP contribution is -2.35. The third-order valence-corrected chi connectivity index (χ3v) is 3.88. The van der Waals surface area contributed by atoms with E-state index in [1.165, 1.54) is 6.92 Å². The van der Waals surface area contributed by atoms with Crippen LogP contribution in [0.25, 0.3) is 0 Å². The quantitative estimate of drug-likeness (QED) is 0.790. The monoisotopic (exact) mass is 289 g/mol. The van der Waals surface area contributed by atoms with Crippen molar-refractivity contribution in [2.24, 2.45) is 11.7 Å². The Balaban J connectivity index is 1.79. The summed E-state index contributed by atoms with van der Waals surface area (Å²) in [4.78, 5) is 23.0. The predicted octanol–water partition coefficient (Wildman–Crippen LogP) is 1.78. The zero-order valence-corrected chi connectivity index (χ0v) is 12.4. The summed E-state index contributed by atoms with van der Waals surface area (Å²) >= 11 is 0. The van der Waals surface area contributed by atoms with Gasteiger partial charge in [0.1, 0.15) is 0 Å². The van der Waals surface area contributed by atoms with Gasteiger partial charge < -0.3 is 16.4 Å². The summed E-state index contributed by atoms with van der Waals surface area (Å²) in [5, 5.41) is 5.69. The molecule has 0 spiro atoms. The second-order valence-electron chi connectivity index (χ2n) is 5.71. The molecule has 5 heteroatoms. The van der Waals surface area contributed by atoms with Gasteiger partial charge in [-0.15, -0.1) is 0 Å². The Hall–Kier alpha value is -1.88. The van der Waals surface area contributed by atoms with Crippen LogP contribution < -0.4 is 16.4 Å². The van der Waals surface area contributed by atoms with E-state index in [4.69, 9.17) is 5.73 Å². The lowest BCUT2D eigenvalue weighted by atomic mass is 9.86. The molecule has 1 aromatic carbocycles. The molecule has 0 heterocycles. The minimum Gasteiger partial charge on any atom is -0.352 e. The van der Waals surface area contributed by atoms with Crippen LogP contribution in [0.4, 0.5) is 5.69 Å². The number of benzene rings is 1. The fourth-order valence-corrected chi connectivity index (χ4v) is 2.62. The minimum absolute atomic E-state index is 0.0911. The van der Waals surface area contributed by atoms with Crippen molar-refractivity contribution in [3.63, 3.8) is 0 Å². The predicted molar refractivity (Wildman–Crippen MR) is 82.5 cm³/mol. The zero-order chi connectivity index (χ0) is 15.2. The molecule has 1 aromatic rings. The highest BCUT2D eigenvalue weighted by Crippen LogP contribution is 2.23. The molecule has 0 radical (unpaired) electrons. The number of rotatable bonds is 4. The Labute approximate surface area is 125 Å². The number of nitrogens with two attached hydrogens (primary N) is 1. The summed E-state index contributed by atoms with van der Waals surface area (Å²) in [6.07, 6.45) is 3.63. The summed E-state index contributed by atoms with van der Waals surface area (Å²) in [7, 11) is 0. The van der Waals surface area contributed by atoms with E-state index in [0.29, 0.717) is 6.54 Å². The molecule has 21 heavy (non-hydrogen) atoms. The first-order valence-electron chi connectivity index (χ1n) is 7.44. The lowest BCUT2D eigenvalue weighted by molar-refractivity contribution is -0.126. The minimum atomic E-state index is -0.0911. The highest BCUT2D eigenvalue weighted by Gasteiger charge is 2.24. The van der Waals surface area contributed by atoms with Crippen LogP contribution in [0, 0.1) is 5.92 Å². The molecule has 0 aromatic heterocycles. The van der Waals surface area contributed by atoms with E-state index in [1.807, 2.05) is 24.3 Å². The van der Waals surface area contributed by atoms with E-state index >= 15 is 0 Å². The van der Waals surface area contributed by atoms with Gasteiger partial charge in [-0.05, 0) is 43.4 Å². The van der Waals surface area contributed by atoms with Crippen molar-refractivity contribution in [2.45, 2.75) is 45.2 Å². The molecule has 1 fully saturated rings. The van der Waals surface area contributed by atoms with Crippen LogP contribution in [-0.4, -0.2) is 17.9 Å². The Morgan fingerprint density at radius 1 is 1.14 bits per heavy atom. The van der Waals surface area contributed by atoms with Crippen LogP contribution in [0.1, 0.15) is 38.2 Å². The lowest BCUT2D eigenvalue weighted by Gasteiger charge is -2.25. The SMILES string of the molecule is CC(=O)Nc1ccc(CNC(=O)C2CCC(N)CC2)cc1. The number of carbonyl (C=O) groups is 2. The smallest absolute Gasteiger partial charge is 0.223 e. The van der Waals surface area contributed by atoms with Crippen LogP contribution in [0.3, 0.4) is 0 Å². The van der Waals surface area contributed by atoms with Crippen molar-refractivity contribution >= 4 is 17.5 Å². The largest absolute Gasteiger partial charge is 0.352 e. The highest BCUT2D eigenvalue weighted by molar-refractivity contribution is 5.88. The molecule has 0 unspecified atom stereocenters. The fourth-order valence-electron chi connectivity index (χ4n) is 2.62. The number of amides is 2. The summed E-state index contributed by atoms with van der Waals surface area (Å²) in [6.45, 7) is 1.99. The van der Waals surface area contributed by atoms with E-state index in [0.717, 1.165) is 36.9 Å². The Morgan fingerprint density at radius 3 is 2.33 bits per heavy atom. The number of hydrogen-bond acceptors (Lipinski definition) is 3. The van der Waals surface area contributed by atoms with Gasteiger partial charge in [-0.3, -0.25) is 9.59 Å². The third kappa shape index (κ3) is 4.86. The molecule has 0 bridgehead atoms. The van der Waals surface area contributed by atoms with Gasteiger partial charge in [-0.1, -0.05) is 12.1 Å². The Morgan fingerprint density at radius 2 is 1.76 bits per heavy atom. The Kier molecular flexibility index (Phi) is 5.33. The van der Waals surface area contributed by atoms with Crippen LogP contribution >= 0.6 is 0 Å². The van der Waals surface area contributed by atoms with Crippen LogP contribution in [0.15, 0.2) is 24.3 Å². The van der Waals surface area contributed by atoms with E-state index in [9.17, 15) is 9.59 Å². The highest BCUT2D eigenvalue weighted by atomic mass is 16.2. The molecule has 1 saturated carbocycles. The molecule has 0 atom stereocenters. The first-order valence-corrected chi connectivity index (χ1v) is 7.44. The van der Waals surface area contributed by atoms with Gasteiger partial charge in [0, 0.05) is 31.1 Å². The summed E-state index contributed by atoms with van der Waals surface area (Å²) < 4.78 is 0. The molecule has 1 aliphatic rings. The maximum Gasteiger partial charge on any atom is 0.223 e. The number of carbonyl (C=O) groups excluding carboxylic acids is 2. The molecular formula is C16H23N3O2. The second-order valence-corrected chi connectivity index (χ2v) is 5.71. The molecule has 0 saturated heterocycles. The van der Waals surface area contributed by atoms with Crippen molar-refractivity contribution in [1.82, 2.24) is 5.32 Å². The molecule has 2 amide bonds. The van der Waals surface area contributed by atoms with Gasteiger partial charge in [-0.25, -0.2) is 0 Å². The van der Waals surface area contributed by atoms with Crippen molar-refractivity contribution in [1.29, 1.82) is 0 Å². The molecular weight excluding hydrogens is 266 g/mol. The van der Waals surface area contributed by atoms with Gasteiger partial charge >= 0.3 is 0 Å². The molecule has 5 nitrogen and oxygen atoms in total. The molecule has 4 N–H and O–H groups in total. The van der Waals surface area contributed by atoms with E-state index in [-0.39, 0.29) is 23.8 Å². The number of nitrogens with one attached hydrogen (secondary N) is 2. The molecule has 0 aliphatic heterocycles. The molecule has 1 aliphatic carbocycles. The van der Waals surface area contributed by atoms with Gasteiger partial charge in [0.2, 0.25) is 11.8 Å². The average Bonchev–Trinajstić information content (AvgIpc) is 2.46. The number of hydrogen-bond donors (Lipinski definition) is 3. The summed E-state index contributed by atoms with van der Waals surface area (Å²) in [6, 6.07) is 7.74. The van der Waals surface area contributed by atoms with Crippen LogP contribution in [-0.2, 0) is 16.1 Å². The topological polar surface area (TPSA) is 84.2 Å². The van der Waals surface area contributed by atoms with Crippen LogP contribution in [0.2, 0.25) is 0 Å². The first-order chi connectivity index (χ1) is 10.0. The summed E-state index contributed by atoms with van der Waals surface area (Å²) in [5.41, 5.74) is 7.63. The van der Waals surface area contributed by atoms with Crippen molar-refractivity contribution in [3.8, 4) is 0 Å². The van der Waals surface area contributed by atoms with Gasteiger partial charge in [-0.2, -0.15) is 0 Å². The Bertz CT molecular complexity index is 491. The maximum absolute atomic E-state index is 12.1. The van der Waals surface area contributed by atoms with Crippen LogP contribution in [0.5, 0.6) is 0 Å². The second kappa shape index (κ2) is 7.22.